The van der Waals surface area contributed by atoms with Gasteiger partial charge < -0.3 is 0 Å². The number of allylic oxidation sites excluding steroid dienone is 10. The van der Waals surface area contributed by atoms with E-state index in [0.717, 1.165) is 12.3 Å². The Morgan fingerprint density at radius 1 is 0.935 bits per heavy atom. The van der Waals surface area contributed by atoms with Crippen LogP contribution >= 0.6 is 0 Å². The molecule has 4 aliphatic carbocycles. The van der Waals surface area contributed by atoms with Crippen molar-refractivity contribution >= 4 is 5.57 Å². The molecule has 1 atom stereocenters. The molecule has 1 aromatic carbocycles. The highest BCUT2D eigenvalue weighted by molar-refractivity contribution is 5.87. The molecule has 0 heteroatoms. The highest BCUT2D eigenvalue weighted by Gasteiger charge is 2.42. The molecule has 0 heterocycles. The van der Waals surface area contributed by atoms with E-state index in [1.54, 1.807) is 5.57 Å². The van der Waals surface area contributed by atoms with Crippen molar-refractivity contribution in [3.8, 4) is 0 Å². The van der Waals surface area contributed by atoms with Gasteiger partial charge in [0.15, 0.2) is 0 Å². The minimum atomic E-state index is 0.0111. The quantitative estimate of drug-likeness (QED) is 0.467. The van der Waals surface area contributed by atoms with Crippen molar-refractivity contribution < 1.29 is 0 Å². The van der Waals surface area contributed by atoms with Crippen LogP contribution in [-0.4, -0.2) is 0 Å². The molecule has 31 heavy (non-hydrogen) atoms. The molecule has 0 radical (unpaired) electrons. The lowest BCUT2D eigenvalue weighted by atomic mass is 9.60. The Bertz CT molecular complexity index is 1050. The van der Waals surface area contributed by atoms with Crippen molar-refractivity contribution in [2.24, 2.45) is 22.2 Å². The molecular weight excluding hydrogens is 372 g/mol. The third kappa shape index (κ3) is 3.53. The van der Waals surface area contributed by atoms with E-state index in [4.69, 9.17) is 0 Å². The van der Waals surface area contributed by atoms with Crippen molar-refractivity contribution in [1.29, 1.82) is 0 Å². The number of fused-ring (bicyclic) bond motifs is 3. The van der Waals surface area contributed by atoms with E-state index in [1.165, 1.54) is 47.1 Å². The summed E-state index contributed by atoms with van der Waals surface area (Å²) in [5.41, 5.74) is 10.0. The molecule has 162 valence electrons. The average Bonchev–Trinajstić information content (AvgIpc) is 3.30. The summed E-state index contributed by atoms with van der Waals surface area (Å²) in [7, 11) is 0. The Balaban J connectivity index is 1.50. The zero-order chi connectivity index (χ0) is 22.0. The fourth-order valence-electron chi connectivity index (χ4n) is 7.42. The first-order chi connectivity index (χ1) is 14.6. The maximum Gasteiger partial charge on any atom is 0.0281 e. The van der Waals surface area contributed by atoms with Crippen LogP contribution in [-0.2, 0) is 0 Å². The summed E-state index contributed by atoms with van der Waals surface area (Å²) in [6, 6.07) is 9.06. The molecule has 0 bridgehead atoms. The van der Waals surface area contributed by atoms with E-state index < -0.39 is 0 Å². The van der Waals surface area contributed by atoms with Gasteiger partial charge in [-0.1, -0.05) is 108 Å². The molecule has 1 fully saturated rings. The van der Waals surface area contributed by atoms with E-state index in [-0.39, 0.29) is 5.41 Å². The Kier molecular flexibility index (Phi) is 4.67. The predicted octanol–water partition coefficient (Wildman–Crippen LogP) is 8.80. The third-order valence-corrected chi connectivity index (χ3v) is 8.20. The molecule has 1 aromatic rings. The summed E-state index contributed by atoms with van der Waals surface area (Å²) in [6.07, 6.45) is 19.4. The standard InChI is InChI=1S/C31H38/c1-29(2)18-22(19-30(3,4)20-29)21-15-16-23(17-21)31(5,6)28-26-13-9-7-11-24(26)25-12-8-10-14-27(25)28/h7-14,16-17,22,24H,15,18-20H2,1-6H3. The molecule has 0 saturated heterocycles. The van der Waals surface area contributed by atoms with Crippen LogP contribution in [0.2, 0.25) is 0 Å². The summed E-state index contributed by atoms with van der Waals surface area (Å²) in [5, 5.41) is 0. The van der Waals surface area contributed by atoms with E-state index in [1.807, 2.05) is 0 Å². The van der Waals surface area contributed by atoms with Gasteiger partial charge in [-0.05, 0) is 70.3 Å². The molecule has 0 aliphatic heterocycles. The highest BCUT2D eigenvalue weighted by Crippen LogP contribution is 2.56. The van der Waals surface area contributed by atoms with Crippen LogP contribution in [0.15, 0.2) is 77.4 Å². The average molecular weight is 411 g/mol. The zero-order valence-corrected chi connectivity index (χ0v) is 20.3. The summed E-state index contributed by atoms with van der Waals surface area (Å²) in [5.74, 6) is 1.14. The van der Waals surface area contributed by atoms with Crippen LogP contribution in [0.1, 0.15) is 84.3 Å². The van der Waals surface area contributed by atoms with Gasteiger partial charge in [0.2, 0.25) is 0 Å². The zero-order valence-electron chi connectivity index (χ0n) is 20.3. The smallest absolute Gasteiger partial charge is 0.0281 e. The SMILES string of the molecule is CC1(C)CC(C2=CC(C(C)(C)C3=C4C=CC=CC4c4ccccc43)=CC2)CC(C)(C)C1. The van der Waals surface area contributed by atoms with E-state index in [2.05, 4.69) is 102 Å². The van der Waals surface area contributed by atoms with Gasteiger partial charge in [-0.15, -0.1) is 0 Å². The molecule has 0 nitrogen and oxygen atoms in total. The largest absolute Gasteiger partial charge is 0.0763 e. The molecule has 0 N–H and O–H groups in total. The number of hydrogen-bond acceptors (Lipinski definition) is 0. The Labute approximate surface area is 189 Å². The highest BCUT2D eigenvalue weighted by atomic mass is 14.5. The van der Waals surface area contributed by atoms with Gasteiger partial charge in [0.1, 0.15) is 0 Å². The Morgan fingerprint density at radius 3 is 2.39 bits per heavy atom. The Morgan fingerprint density at radius 2 is 1.65 bits per heavy atom. The third-order valence-electron chi connectivity index (χ3n) is 8.20. The normalized spacial score (nSPS) is 26.6. The van der Waals surface area contributed by atoms with Gasteiger partial charge in [0, 0.05) is 11.3 Å². The maximum atomic E-state index is 2.59. The number of hydrogen-bond donors (Lipinski definition) is 0. The van der Waals surface area contributed by atoms with E-state index in [0.29, 0.717) is 16.7 Å². The van der Waals surface area contributed by atoms with Crippen molar-refractivity contribution in [2.45, 2.75) is 73.1 Å². The lowest BCUT2D eigenvalue weighted by molar-refractivity contribution is 0.0813. The van der Waals surface area contributed by atoms with Crippen LogP contribution in [0.25, 0.3) is 5.57 Å². The molecular formula is C31H38. The first-order valence-corrected chi connectivity index (χ1v) is 12.2. The van der Waals surface area contributed by atoms with Crippen LogP contribution in [0.3, 0.4) is 0 Å². The van der Waals surface area contributed by atoms with Crippen molar-refractivity contribution in [1.82, 2.24) is 0 Å². The molecule has 4 aliphatic rings. The Hall–Kier alpha value is -2.08. The summed E-state index contributed by atoms with van der Waals surface area (Å²) in [6.45, 7) is 14.8. The van der Waals surface area contributed by atoms with Gasteiger partial charge in [-0.2, -0.15) is 0 Å². The second-order valence-corrected chi connectivity index (χ2v) is 12.5. The second-order valence-electron chi connectivity index (χ2n) is 12.5. The van der Waals surface area contributed by atoms with Gasteiger partial charge in [0.05, 0.1) is 0 Å². The first kappa shape index (κ1) is 20.8. The molecule has 0 amide bonds. The summed E-state index contributed by atoms with van der Waals surface area (Å²) < 4.78 is 0. The van der Waals surface area contributed by atoms with Gasteiger partial charge >= 0.3 is 0 Å². The lowest BCUT2D eigenvalue weighted by Crippen LogP contribution is -2.34. The van der Waals surface area contributed by atoms with Crippen molar-refractivity contribution in [3.63, 3.8) is 0 Å². The van der Waals surface area contributed by atoms with Crippen LogP contribution in [0.5, 0.6) is 0 Å². The van der Waals surface area contributed by atoms with Gasteiger partial charge in [0.25, 0.3) is 0 Å². The van der Waals surface area contributed by atoms with Gasteiger partial charge in [-0.25, -0.2) is 0 Å². The van der Waals surface area contributed by atoms with Crippen LogP contribution in [0.4, 0.5) is 0 Å². The van der Waals surface area contributed by atoms with E-state index in [9.17, 15) is 0 Å². The molecule has 5 rings (SSSR count). The fourth-order valence-corrected chi connectivity index (χ4v) is 7.42. The minimum Gasteiger partial charge on any atom is -0.0763 e. The predicted molar refractivity (Wildman–Crippen MR) is 134 cm³/mol. The van der Waals surface area contributed by atoms with Crippen LogP contribution in [0, 0.1) is 22.2 Å². The number of benzene rings is 1. The number of rotatable bonds is 3. The minimum absolute atomic E-state index is 0.0111. The second kappa shape index (κ2) is 6.96. The molecule has 1 unspecified atom stereocenters. The summed E-state index contributed by atoms with van der Waals surface area (Å²) >= 11 is 0. The van der Waals surface area contributed by atoms with Gasteiger partial charge in [-0.3, -0.25) is 0 Å². The molecule has 0 spiro atoms. The summed E-state index contributed by atoms with van der Waals surface area (Å²) in [4.78, 5) is 0. The van der Waals surface area contributed by atoms with Crippen LogP contribution < -0.4 is 0 Å². The lowest BCUT2D eigenvalue weighted by Gasteiger charge is -2.45. The fraction of sp³-hybridized carbons (Fsp3) is 0.484. The monoisotopic (exact) mass is 410 g/mol. The van der Waals surface area contributed by atoms with E-state index >= 15 is 0 Å². The van der Waals surface area contributed by atoms with Crippen molar-refractivity contribution in [2.75, 3.05) is 0 Å². The molecule has 0 aromatic heterocycles. The topological polar surface area (TPSA) is 0 Å². The maximum absolute atomic E-state index is 2.59. The first-order valence-electron chi connectivity index (χ1n) is 12.2. The molecule has 1 saturated carbocycles. The van der Waals surface area contributed by atoms with Crippen molar-refractivity contribution in [3.05, 3.63) is 88.6 Å².